The Bertz CT molecular complexity index is 526. The number of nitrogens with zero attached hydrogens (tertiary/aromatic N) is 3. The zero-order chi connectivity index (χ0) is 12.3. The summed E-state index contributed by atoms with van der Waals surface area (Å²) < 4.78 is 0. The van der Waals surface area contributed by atoms with Crippen LogP contribution in [0.4, 0.5) is 0 Å². The van der Waals surface area contributed by atoms with E-state index in [-0.39, 0.29) is 0 Å². The number of hydrogen-bond donors (Lipinski definition) is 0. The van der Waals surface area contributed by atoms with Gasteiger partial charge in [0.15, 0.2) is 0 Å². The first kappa shape index (κ1) is 12.0. The minimum Gasteiger partial charge on any atom is -0.264 e. The molecular weight excluding hydrogens is 234 g/mol. The molecule has 3 nitrogen and oxygen atoms in total. The van der Waals surface area contributed by atoms with Crippen LogP contribution in [0.3, 0.4) is 0 Å². The molecule has 4 heteroatoms. The Morgan fingerprint density at radius 3 is 2.82 bits per heavy atom. The first-order chi connectivity index (χ1) is 8.20. The van der Waals surface area contributed by atoms with Crippen molar-refractivity contribution in [3.05, 3.63) is 41.1 Å². The fraction of sp³-hybridized carbons (Fsp3) is 0.308. The third-order valence-corrected chi connectivity index (χ3v) is 2.72. The van der Waals surface area contributed by atoms with Crippen LogP contribution in [0.25, 0.3) is 11.3 Å². The first-order valence-electron chi connectivity index (χ1n) is 5.65. The van der Waals surface area contributed by atoms with E-state index in [0.29, 0.717) is 5.15 Å². The first-order valence-corrected chi connectivity index (χ1v) is 6.03. The van der Waals surface area contributed by atoms with E-state index >= 15 is 0 Å². The van der Waals surface area contributed by atoms with Gasteiger partial charge in [0.1, 0.15) is 11.0 Å². The van der Waals surface area contributed by atoms with E-state index in [2.05, 4.69) is 21.9 Å². The molecule has 2 rings (SSSR count). The molecule has 0 unspecified atom stereocenters. The lowest BCUT2D eigenvalue weighted by Crippen LogP contribution is -1.98. The molecule has 0 saturated carbocycles. The Kier molecular flexibility index (Phi) is 3.69. The van der Waals surface area contributed by atoms with Crippen LogP contribution in [-0.2, 0) is 6.42 Å². The predicted octanol–water partition coefficient (Wildman–Crippen LogP) is 3.45. The molecule has 0 spiro atoms. The average molecular weight is 248 g/mol. The second-order valence-electron chi connectivity index (χ2n) is 3.93. The SMILES string of the molecule is CCCc1nc(Cl)cc(-c2cnccc2C)n1. The molecule has 0 aliphatic heterocycles. The molecule has 0 bridgehead atoms. The normalized spacial score (nSPS) is 10.5. The van der Waals surface area contributed by atoms with Gasteiger partial charge in [-0.1, -0.05) is 18.5 Å². The van der Waals surface area contributed by atoms with E-state index in [1.165, 1.54) is 0 Å². The smallest absolute Gasteiger partial charge is 0.133 e. The third-order valence-electron chi connectivity index (χ3n) is 2.53. The topological polar surface area (TPSA) is 38.7 Å². The quantitative estimate of drug-likeness (QED) is 0.780. The van der Waals surface area contributed by atoms with Gasteiger partial charge >= 0.3 is 0 Å². The standard InChI is InChI=1S/C13H14ClN3/c1-3-4-13-16-11(7-12(14)17-13)10-8-15-6-5-9(10)2/h5-8H,3-4H2,1-2H3. The van der Waals surface area contributed by atoms with Crippen LogP contribution in [0.5, 0.6) is 0 Å². The van der Waals surface area contributed by atoms with Crippen molar-refractivity contribution in [2.24, 2.45) is 0 Å². The van der Waals surface area contributed by atoms with Crippen LogP contribution >= 0.6 is 11.6 Å². The predicted molar refractivity (Wildman–Crippen MR) is 69.0 cm³/mol. The Morgan fingerprint density at radius 1 is 1.29 bits per heavy atom. The number of rotatable bonds is 3. The van der Waals surface area contributed by atoms with E-state index in [0.717, 1.165) is 35.5 Å². The van der Waals surface area contributed by atoms with Gasteiger partial charge in [-0.05, 0) is 25.0 Å². The van der Waals surface area contributed by atoms with Crippen molar-refractivity contribution in [2.45, 2.75) is 26.7 Å². The fourth-order valence-corrected chi connectivity index (χ4v) is 1.87. The van der Waals surface area contributed by atoms with Crippen molar-refractivity contribution in [3.63, 3.8) is 0 Å². The Hall–Kier alpha value is -1.48. The van der Waals surface area contributed by atoms with Gasteiger partial charge in [-0.15, -0.1) is 0 Å². The fourth-order valence-electron chi connectivity index (χ4n) is 1.67. The summed E-state index contributed by atoms with van der Waals surface area (Å²) in [6.07, 6.45) is 5.43. The molecule has 2 aromatic rings. The van der Waals surface area contributed by atoms with E-state index in [9.17, 15) is 0 Å². The van der Waals surface area contributed by atoms with Gasteiger partial charge in [-0.3, -0.25) is 4.98 Å². The summed E-state index contributed by atoms with van der Waals surface area (Å²) in [4.78, 5) is 12.9. The van der Waals surface area contributed by atoms with Crippen LogP contribution in [0.15, 0.2) is 24.5 Å². The zero-order valence-corrected chi connectivity index (χ0v) is 10.7. The summed E-state index contributed by atoms with van der Waals surface area (Å²) in [6, 6.07) is 3.75. The Balaban J connectivity index is 2.48. The number of halogens is 1. The molecular formula is C13H14ClN3. The molecule has 0 radical (unpaired) electrons. The summed E-state index contributed by atoms with van der Waals surface area (Å²) in [7, 11) is 0. The van der Waals surface area contributed by atoms with Gasteiger partial charge in [-0.2, -0.15) is 0 Å². The van der Waals surface area contributed by atoms with Crippen LogP contribution in [0.2, 0.25) is 5.15 Å². The Morgan fingerprint density at radius 2 is 2.12 bits per heavy atom. The highest BCUT2D eigenvalue weighted by atomic mass is 35.5. The summed E-state index contributed by atoms with van der Waals surface area (Å²) in [5, 5.41) is 0.488. The molecule has 0 N–H and O–H groups in total. The largest absolute Gasteiger partial charge is 0.264 e. The van der Waals surface area contributed by atoms with Crippen molar-refractivity contribution < 1.29 is 0 Å². The van der Waals surface area contributed by atoms with Crippen LogP contribution < -0.4 is 0 Å². The molecule has 0 amide bonds. The molecule has 17 heavy (non-hydrogen) atoms. The minimum atomic E-state index is 0.488. The summed E-state index contributed by atoms with van der Waals surface area (Å²) >= 11 is 6.02. The van der Waals surface area contributed by atoms with Crippen LogP contribution in [0.1, 0.15) is 24.7 Å². The zero-order valence-electron chi connectivity index (χ0n) is 9.94. The minimum absolute atomic E-state index is 0.488. The molecule has 88 valence electrons. The lowest BCUT2D eigenvalue weighted by Gasteiger charge is -2.06. The van der Waals surface area contributed by atoms with Gasteiger partial charge in [0, 0.05) is 30.4 Å². The van der Waals surface area contributed by atoms with Gasteiger partial charge in [0.25, 0.3) is 0 Å². The second kappa shape index (κ2) is 5.23. The van der Waals surface area contributed by atoms with Gasteiger partial charge in [-0.25, -0.2) is 9.97 Å². The highest BCUT2D eigenvalue weighted by molar-refractivity contribution is 6.29. The highest BCUT2D eigenvalue weighted by Gasteiger charge is 2.07. The van der Waals surface area contributed by atoms with Gasteiger partial charge < -0.3 is 0 Å². The van der Waals surface area contributed by atoms with Crippen molar-refractivity contribution in [1.29, 1.82) is 0 Å². The second-order valence-corrected chi connectivity index (χ2v) is 4.32. The monoisotopic (exact) mass is 247 g/mol. The molecule has 0 atom stereocenters. The van der Waals surface area contributed by atoms with Crippen molar-refractivity contribution in [2.75, 3.05) is 0 Å². The number of aromatic nitrogens is 3. The van der Waals surface area contributed by atoms with Crippen molar-refractivity contribution >= 4 is 11.6 Å². The van der Waals surface area contributed by atoms with Crippen molar-refractivity contribution in [3.8, 4) is 11.3 Å². The lowest BCUT2D eigenvalue weighted by molar-refractivity contribution is 0.836. The lowest BCUT2D eigenvalue weighted by atomic mass is 10.1. The molecule has 0 aliphatic rings. The molecule has 2 aromatic heterocycles. The average Bonchev–Trinajstić information content (AvgIpc) is 2.29. The maximum Gasteiger partial charge on any atom is 0.133 e. The maximum atomic E-state index is 6.02. The molecule has 0 aromatic carbocycles. The molecule has 0 fully saturated rings. The third kappa shape index (κ3) is 2.80. The van der Waals surface area contributed by atoms with E-state index in [1.807, 2.05) is 19.2 Å². The van der Waals surface area contributed by atoms with Crippen LogP contribution in [-0.4, -0.2) is 15.0 Å². The molecule has 0 saturated heterocycles. The molecule has 0 aliphatic carbocycles. The summed E-state index contributed by atoms with van der Waals surface area (Å²) in [5.74, 6) is 0.790. The Labute approximate surface area is 106 Å². The number of aryl methyl sites for hydroxylation is 2. The number of hydrogen-bond acceptors (Lipinski definition) is 3. The van der Waals surface area contributed by atoms with Crippen LogP contribution in [0, 0.1) is 6.92 Å². The maximum absolute atomic E-state index is 6.02. The summed E-state index contributed by atoms with van der Waals surface area (Å²) in [6.45, 7) is 4.13. The van der Waals surface area contributed by atoms with E-state index in [4.69, 9.17) is 11.6 Å². The molecule has 2 heterocycles. The van der Waals surface area contributed by atoms with E-state index < -0.39 is 0 Å². The van der Waals surface area contributed by atoms with Crippen molar-refractivity contribution in [1.82, 2.24) is 15.0 Å². The van der Waals surface area contributed by atoms with Gasteiger partial charge in [0.05, 0.1) is 5.69 Å². The van der Waals surface area contributed by atoms with Gasteiger partial charge in [0.2, 0.25) is 0 Å². The number of pyridine rings is 1. The highest BCUT2D eigenvalue weighted by Crippen LogP contribution is 2.22. The van der Waals surface area contributed by atoms with E-state index in [1.54, 1.807) is 12.3 Å². The summed E-state index contributed by atoms with van der Waals surface area (Å²) in [5.41, 5.74) is 2.99.